The third-order valence-electron chi connectivity index (χ3n) is 4.42. The molecule has 0 bridgehead atoms. The minimum atomic E-state index is 0.314. The summed E-state index contributed by atoms with van der Waals surface area (Å²) in [6.45, 7) is 5.46. The van der Waals surface area contributed by atoms with Gasteiger partial charge in [-0.1, -0.05) is 44.2 Å². The molecule has 2 heteroatoms. The molecule has 0 amide bonds. The van der Waals surface area contributed by atoms with Gasteiger partial charge in [-0.2, -0.15) is 0 Å². The number of methoxy groups -OCH3 is 1. The van der Waals surface area contributed by atoms with E-state index in [1.165, 1.54) is 18.4 Å². The number of hydrogen-bond acceptors (Lipinski definition) is 2. The Labute approximate surface area is 111 Å². The summed E-state index contributed by atoms with van der Waals surface area (Å²) in [5.74, 6) is 1.59. The van der Waals surface area contributed by atoms with E-state index in [2.05, 4.69) is 49.5 Å². The van der Waals surface area contributed by atoms with E-state index in [1.54, 1.807) is 7.11 Å². The van der Waals surface area contributed by atoms with Crippen LogP contribution in [0.25, 0.3) is 0 Å². The Morgan fingerprint density at radius 3 is 2.50 bits per heavy atom. The first-order valence-corrected chi connectivity index (χ1v) is 7.02. The summed E-state index contributed by atoms with van der Waals surface area (Å²) in [4.78, 5) is 0. The molecular formula is C16H25NO. The Bertz CT molecular complexity index is 351. The zero-order chi connectivity index (χ0) is 13.0. The molecule has 2 rings (SSSR count). The molecule has 1 saturated carbocycles. The van der Waals surface area contributed by atoms with Crippen molar-refractivity contribution in [1.82, 2.24) is 5.32 Å². The van der Waals surface area contributed by atoms with Crippen molar-refractivity contribution in [2.75, 3.05) is 13.7 Å². The summed E-state index contributed by atoms with van der Waals surface area (Å²) < 4.78 is 5.37. The monoisotopic (exact) mass is 247 g/mol. The van der Waals surface area contributed by atoms with Crippen LogP contribution in [0.3, 0.4) is 0 Å². The molecule has 100 valence electrons. The molecular weight excluding hydrogens is 222 g/mol. The molecule has 1 aliphatic carbocycles. The summed E-state index contributed by atoms with van der Waals surface area (Å²) in [6.07, 6.45) is 2.63. The van der Waals surface area contributed by atoms with Gasteiger partial charge in [-0.3, -0.25) is 0 Å². The van der Waals surface area contributed by atoms with E-state index in [1.807, 2.05) is 0 Å². The molecule has 4 atom stereocenters. The van der Waals surface area contributed by atoms with Crippen LogP contribution in [0.15, 0.2) is 30.3 Å². The molecule has 0 heterocycles. The molecule has 1 fully saturated rings. The molecule has 0 aliphatic heterocycles. The Kier molecular flexibility index (Phi) is 4.79. The van der Waals surface area contributed by atoms with Crippen LogP contribution in [0.2, 0.25) is 0 Å². The van der Waals surface area contributed by atoms with E-state index in [0.29, 0.717) is 12.1 Å². The van der Waals surface area contributed by atoms with Gasteiger partial charge in [0, 0.05) is 13.2 Å². The molecule has 2 nitrogen and oxygen atoms in total. The van der Waals surface area contributed by atoms with E-state index in [-0.39, 0.29) is 0 Å². The maximum Gasteiger partial charge on any atom is 0.0657 e. The Morgan fingerprint density at radius 1 is 1.22 bits per heavy atom. The van der Waals surface area contributed by atoms with E-state index in [0.717, 1.165) is 18.4 Å². The highest BCUT2D eigenvalue weighted by Crippen LogP contribution is 2.32. The largest absolute Gasteiger partial charge is 0.383 e. The lowest BCUT2D eigenvalue weighted by molar-refractivity contribution is 0.156. The number of ether oxygens (including phenoxy) is 1. The highest BCUT2D eigenvalue weighted by atomic mass is 16.5. The van der Waals surface area contributed by atoms with Gasteiger partial charge in [0.05, 0.1) is 12.6 Å². The molecule has 1 aromatic carbocycles. The number of hydrogen-bond donors (Lipinski definition) is 1. The number of benzene rings is 1. The van der Waals surface area contributed by atoms with Crippen molar-refractivity contribution in [3.05, 3.63) is 35.9 Å². The van der Waals surface area contributed by atoms with Gasteiger partial charge in [-0.05, 0) is 30.2 Å². The van der Waals surface area contributed by atoms with Gasteiger partial charge in [0.2, 0.25) is 0 Å². The second-order valence-corrected chi connectivity index (χ2v) is 5.61. The second kappa shape index (κ2) is 6.35. The molecule has 1 N–H and O–H groups in total. The van der Waals surface area contributed by atoms with Crippen molar-refractivity contribution < 1.29 is 4.74 Å². The van der Waals surface area contributed by atoms with Gasteiger partial charge in [0.1, 0.15) is 0 Å². The zero-order valence-corrected chi connectivity index (χ0v) is 11.7. The van der Waals surface area contributed by atoms with Gasteiger partial charge in [0.25, 0.3) is 0 Å². The third kappa shape index (κ3) is 3.12. The van der Waals surface area contributed by atoms with Crippen molar-refractivity contribution in [1.29, 1.82) is 0 Å². The van der Waals surface area contributed by atoms with E-state index >= 15 is 0 Å². The van der Waals surface area contributed by atoms with Gasteiger partial charge < -0.3 is 10.1 Å². The van der Waals surface area contributed by atoms with Crippen molar-refractivity contribution in [2.24, 2.45) is 11.8 Å². The van der Waals surface area contributed by atoms with Crippen molar-refractivity contribution in [3.8, 4) is 0 Å². The summed E-state index contributed by atoms with van der Waals surface area (Å²) in [5.41, 5.74) is 1.33. The van der Waals surface area contributed by atoms with Crippen LogP contribution in [0.4, 0.5) is 0 Å². The molecule has 1 aliphatic rings. The third-order valence-corrected chi connectivity index (χ3v) is 4.42. The smallest absolute Gasteiger partial charge is 0.0657 e. The lowest BCUT2D eigenvalue weighted by atomic mass is 9.96. The maximum absolute atomic E-state index is 5.37. The Morgan fingerprint density at radius 2 is 1.94 bits per heavy atom. The molecule has 4 unspecified atom stereocenters. The first-order chi connectivity index (χ1) is 8.72. The summed E-state index contributed by atoms with van der Waals surface area (Å²) in [6, 6.07) is 11.6. The lowest BCUT2D eigenvalue weighted by Crippen LogP contribution is -2.37. The van der Waals surface area contributed by atoms with Crippen molar-refractivity contribution >= 4 is 0 Å². The highest BCUT2D eigenvalue weighted by molar-refractivity contribution is 5.19. The van der Waals surface area contributed by atoms with Crippen molar-refractivity contribution in [2.45, 2.75) is 38.8 Å². The van der Waals surface area contributed by atoms with Crippen LogP contribution in [0.5, 0.6) is 0 Å². The summed E-state index contributed by atoms with van der Waals surface area (Å²) in [7, 11) is 1.78. The van der Waals surface area contributed by atoms with E-state index < -0.39 is 0 Å². The molecule has 0 saturated heterocycles. The lowest BCUT2D eigenvalue weighted by Gasteiger charge is -2.26. The fourth-order valence-corrected chi connectivity index (χ4v) is 2.95. The maximum atomic E-state index is 5.37. The second-order valence-electron chi connectivity index (χ2n) is 5.61. The van der Waals surface area contributed by atoms with Crippen LogP contribution in [-0.4, -0.2) is 19.8 Å². The Hall–Kier alpha value is -0.860. The highest BCUT2D eigenvalue weighted by Gasteiger charge is 2.31. The topological polar surface area (TPSA) is 21.3 Å². The van der Waals surface area contributed by atoms with E-state index in [9.17, 15) is 0 Å². The predicted molar refractivity (Wildman–Crippen MR) is 75.5 cm³/mol. The summed E-state index contributed by atoms with van der Waals surface area (Å²) in [5, 5.41) is 3.79. The summed E-state index contributed by atoms with van der Waals surface area (Å²) >= 11 is 0. The zero-order valence-electron chi connectivity index (χ0n) is 11.7. The number of rotatable bonds is 5. The van der Waals surface area contributed by atoms with Crippen LogP contribution < -0.4 is 5.32 Å². The van der Waals surface area contributed by atoms with Gasteiger partial charge >= 0.3 is 0 Å². The van der Waals surface area contributed by atoms with Crippen LogP contribution in [-0.2, 0) is 4.74 Å². The first kappa shape index (κ1) is 13.6. The quantitative estimate of drug-likeness (QED) is 0.861. The normalized spacial score (nSPS) is 29.4. The van der Waals surface area contributed by atoms with Crippen LogP contribution in [0, 0.1) is 11.8 Å². The molecule has 1 aromatic rings. The standard InChI is InChI=1S/C16H25NO/c1-12-9-10-15(13(12)2)17-16(11-18-3)14-7-5-4-6-8-14/h4-8,12-13,15-17H,9-11H2,1-3H3. The fraction of sp³-hybridized carbons (Fsp3) is 0.625. The minimum Gasteiger partial charge on any atom is -0.383 e. The van der Waals surface area contributed by atoms with Gasteiger partial charge in [-0.25, -0.2) is 0 Å². The molecule has 18 heavy (non-hydrogen) atoms. The van der Waals surface area contributed by atoms with Crippen LogP contribution in [0.1, 0.15) is 38.3 Å². The average molecular weight is 247 g/mol. The SMILES string of the molecule is COCC(NC1CCC(C)C1C)c1ccccc1. The van der Waals surface area contributed by atoms with Crippen LogP contribution >= 0.6 is 0 Å². The fourth-order valence-electron chi connectivity index (χ4n) is 2.95. The first-order valence-electron chi connectivity index (χ1n) is 7.02. The Balaban J connectivity index is 2.03. The number of nitrogens with one attached hydrogen (secondary N) is 1. The van der Waals surface area contributed by atoms with Gasteiger partial charge in [-0.15, -0.1) is 0 Å². The molecule has 0 spiro atoms. The van der Waals surface area contributed by atoms with E-state index in [4.69, 9.17) is 4.74 Å². The van der Waals surface area contributed by atoms with Crippen molar-refractivity contribution in [3.63, 3.8) is 0 Å². The molecule has 0 aromatic heterocycles. The molecule has 0 radical (unpaired) electrons. The average Bonchev–Trinajstić information content (AvgIpc) is 2.71. The minimum absolute atomic E-state index is 0.314. The van der Waals surface area contributed by atoms with Gasteiger partial charge in [0.15, 0.2) is 0 Å². The predicted octanol–water partition coefficient (Wildman–Crippen LogP) is 3.40.